The van der Waals surface area contributed by atoms with Crippen molar-refractivity contribution in [3.63, 3.8) is 0 Å². The maximum Gasteiger partial charge on any atom is 0.254 e. The topological polar surface area (TPSA) is 88.2 Å². The van der Waals surface area contributed by atoms with Crippen molar-refractivity contribution in [2.45, 2.75) is 19.4 Å². The molecular weight excluding hydrogens is 381 g/mol. The maximum atomic E-state index is 11.9. The lowest BCUT2D eigenvalue weighted by molar-refractivity contribution is 0.0943. The van der Waals surface area contributed by atoms with E-state index in [-0.39, 0.29) is 12.5 Å². The first-order valence-corrected chi connectivity index (χ1v) is 8.45. The van der Waals surface area contributed by atoms with Gasteiger partial charge in [-0.3, -0.25) is 4.79 Å². The number of aromatic nitrogens is 1. The van der Waals surface area contributed by atoms with Crippen LogP contribution in [0.2, 0.25) is 0 Å². The minimum atomic E-state index is -3.32. The zero-order valence-electron chi connectivity index (χ0n) is 10.9. The second-order valence-electron chi connectivity index (χ2n) is 4.78. The van der Waals surface area contributed by atoms with Gasteiger partial charge in [0.1, 0.15) is 3.70 Å². The van der Waals surface area contributed by atoms with Gasteiger partial charge in [-0.2, -0.15) is 0 Å². The van der Waals surface area contributed by atoms with E-state index in [0.717, 1.165) is 6.26 Å². The second kappa shape index (κ2) is 6.14. The van der Waals surface area contributed by atoms with Gasteiger partial charge in [-0.15, -0.1) is 0 Å². The zero-order chi connectivity index (χ0) is 14.7. The number of sulfonamides is 1. The summed E-state index contributed by atoms with van der Waals surface area (Å²) in [6.07, 6.45) is 2.69. The number of nitrogens with one attached hydrogen (secondary N) is 2. The van der Waals surface area contributed by atoms with E-state index in [1.807, 2.05) is 22.6 Å². The Balaban J connectivity index is 2.67. The smallest absolute Gasteiger partial charge is 0.254 e. The fraction of sp³-hybridized carbons (Fsp3) is 0.455. The molecule has 8 heteroatoms. The van der Waals surface area contributed by atoms with Gasteiger partial charge in [-0.05, 0) is 48.6 Å². The van der Waals surface area contributed by atoms with Crippen LogP contribution in [0.5, 0.6) is 0 Å². The largest absolute Gasteiger partial charge is 0.350 e. The zero-order valence-corrected chi connectivity index (χ0v) is 13.9. The average Bonchev–Trinajstić information content (AvgIpc) is 2.23. The number of carbonyl (C=O) groups excluding carboxylic acids is 1. The van der Waals surface area contributed by atoms with Crippen LogP contribution in [0.25, 0.3) is 0 Å². The number of amides is 1. The first-order chi connectivity index (χ1) is 8.61. The highest BCUT2D eigenvalue weighted by Crippen LogP contribution is 2.09. The molecule has 1 heterocycles. The molecule has 2 N–H and O–H groups in total. The molecule has 19 heavy (non-hydrogen) atoms. The lowest BCUT2D eigenvalue weighted by Gasteiger charge is -2.25. The van der Waals surface area contributed by atoms with Crippen LogP contribution in [0.1, 0.15) is 24.2 Å². The molecule has 0 aliphatic rings. The van der Waals surface area contributed by atoms with E-state index in [9.17, 15) is 13.2 Å². The number of pyridine rings is 1. The normalized spacial score (nSPS) is 12.2. The number of halogens is 1. The highest BCUT2D eigenvalue weighted by atomic mass is 127. The van der Waals surface area contributed by atoms with Crippen LogP contribution in [0.3, 0.4) is 0 Å². The van der Waals surface area contributed by atoms with Crippen LogP contribution in [-0.2, 0) is 10.0 Å². The van der Waals surface area contributed by atoms with E-state index in [0.29, 0.717) is 9.26 Å². The van der Waals surface area contributed by atoms with Crippen LogP contribution in [0.4, 0.5) is 0 Å². The third-order valence-corrected chi connectivity index (χ3v) is 3.94. The molecule has 0 aromatic carbocycles. The summed E-state index contributed by atoms with van der Waals surface area (Å²) < 4.78 is 25.4. The molecule has 0 fully saturated rings. The second-order valence-corrected chi connectivity index (χ2v) is 7.55. The van der Waals surface area contributed by atoms with E-state index < -0.39 is 15.6 Å². The lowest BCUT2D eigenvalue weighted by atomic mass is 10.1. The molecule has 1 amide bonds. The predicted octanol–water partition coefficient (Wildman–Crippen LogP) is 0.744. The molecule has 0 atom stereocenters. The van der Waals surface area contributed by atoms with Gasteiger partial charge in [0.2, 0.25) is 10.0 Å². The molecule has 1 rings (SSSR count). The van der Waals surface area contributed by atoms with Crippen molar-refractivity contribution in [2.24, 2.45) is 0 Å². The quantitative estimate of drug-likeness (QED) is 0.567. The minimum absolute atomic E-state index is 0.184. The summed E-state index contributed by atoms with van der Waals surface area (Å²) in [5, 5.41) is 2.69. The van der Waals surface area contributed by atoms with Crippen molar-refractivity contribution in [2.75, 3.05) is 12.8 Å². The molecule has 1 aromatic rings. The molecule has 0 radical (unpaired) electrons. The molecule has 0 aliphatic carbocycles. The first-order valence-electron chi connectivity index (χ1n) is 5.48. The summed E-state index contributed by atoms with van der Waals surface area (Å²) >= 11 is 1.97. The molecule has 0 saturated carbocycles. The van der Waals surface area contributed by atoms with Gasteiger partial charge >= 0.3 is 0 Å². The summed E-state index contributed by atoms with van der Waals surface area (Å²) in [6.45, 7) is 3.58. The number of nitrogens with zero attached hydrogens (tertiary/aromatic N) is 1. The SMILES string of the molecule is CC(C)(CNC(=O)c1cccnc1I)NS(C)(=O)=O. The maximum absolute atomic E-state index is 11.9. The van der Waals surface area contributed by atoms with Crippen LogP contribution in [0.15, 0.2) is 18.3 Å². The van der Waals surface area contributed by atoms with E-state index in [1.165, 1.54) is 0 Å². The third-order valence-electron chi connectivity index (χ3n) is 2.16. The number of rotatable bonds is 5. The fourth-order valence-corrected chi connectivity index (χ4v) is 3.15. The van der Waals surface area contributed by atoms with Gasteiger partial charge in [0.15, 0.2) is 0 Å². The van der Waals surface area contributed by atoms with E-state index >= 15 is 0 Å². The van der Waals surface area contributed by atoms with Crippen LogP contribution in [0, 0.1) is 3.70 Å². The third kappa shape index (κ3) is 5.83. The van der Waals surface area contributed by atoms with Gasteiger partial charge in [0.05, 0.1) is 11.8 Å². The van der Waals surface area contributed by atoms with E-state index in [2.05, 4.69) is 15.0 Å². The number of hydrogen-bond acceptors (Lipinski definition) is 4. The Hall–Kier alpha value is -0.740. The summed E-state index contributed by atoms with van der Waals surface area (Å²) in [6, 6.07) is 3.35. The molecule has 6 nitrogen and oxygen atoms in total. The van der Waals surface area contributed by atoms with Crippen molar-refractivity contribution in [3.8, 4) is 0 Å². The predicted molar refractivity (Wildman–Crippen MR) is 81.3 cm³/mol. The Morgan fingerprint density at radius 2 is 2.11 bits per heavy atom. The monoisotopic (exact) mass is 397 g/mol. The van der Waals surface area contributed by atoms with E-state index in [1.54, 1.807) is 32.2 Å². The van der Waals surface area contributed by atoms with Crippen LogP contribution >= 0.6 is 22.6 Å². The van der Waals surface area contributed by atoms with Gasteiger partial charge in [0.25, 0.3) is 5.91 Å². The fourth-order valence-electron chi connectivity index (χ4n) is 1.49. The lowest BCUT2D eigenvalue weighted by Crippen LogP contribution is -2.51. The minimum Gasteiger partial charge on any atom is -0.350 e. The van der Waals surface area contributed by atoms with Crippen molar-refractivity contribution in [1.82, 2.24) is 15.0 Å². The molecule has 0 unspecified atom stereocenters. The van der Waals surface area contributed by atoms with Crippen molar-refractivity contribution >= 4 is 38.5 Å². The Bertz CT molecular complexity index is 572. The Labute approximate surface area is 126 Å². The van der Waals surface area contributed by atoms with Crippen LogP contribution < -0.4 is 10.0 Å². The highest BCUT2D eigenvalue weighted by molar-refractivity contribution is 14.1. The first kappa shape index (κ1) is 16.3. The number of hydrogen-bond donors (Lipinski definition) is 2. The van der Waals surface area contributed by atoms with Gasteiger partial charge < -0.3 is 5.32 Å². The average molecular weight is 397 g/mol. The van der Waals surface area contributed by atoms with Gasteiger partial charge in [-0.1, -0.05) is 0 Å². The summed E-state index contributed by atoms with van der Waals surface area (Å²) in [5.74, 6) is -0.277. The van der Waals surface area contributed by atoms with Crippen molar-refractivity contribution in [3.05, 3.63) is 27.6 Å². The molecule has 1 aromatic heterocycles. The molecule has 0 spiro atoms. The molecular formula is C11H16IN3O3S. The highest BCUT2D eigenvalue weighted by Gasteiger charge is 2.23. The van der Waals surface area contributed by atoms with Crippen molar-refractivity contribution < 1.29 is 13.2 Å². The van der Waals surface area contributed by atoms with Gasteiger partial charge in [0, 0.05) is 18.3 Å². The Kier molecular flexibility index (Phi) is 5.27. The van der Waals surface area contributed by atoms with E-state index in [4.69, 9.17) is 0 Å². The summed E-state index contributed by atoms with van der Waals surface area (Å²) in [4.78, 5) is 16.0. The van der Waals surface area contributed by atoms with Gasteiger partial charge in [-0.25, -0.2) is 18.1 Å². The number of carbonyl (C=O) groups is 1. The Morgan fingerprint density at radius 3 is 2.63 bits per heavy atom. The Morgan fingerprint density at radius 1 is 1.47 bits per heavy atom. The van der Waals surface area contributed by atoms with Crippen LogP contribution in [-0.4, -0.2) is 37.6 Å². The molecule has 0 saturated heterocycles. The molecule has 0 aliphatic heterocycles. The summed E-state index contributed by atoms with van der Waals surface area (Å²) in [7, 11) is -3.32. The molecule has 106 valence electrons. The summed E-state index contributed by atoms with van der Waals surface area (Å²) in [5.41, 5.74) is -0.282. The standard InChI is InChI=1S/C11H16IN3O3S/c1-11(2,15-19(3,17)18)7-14-10(16)8-5-4-6-13-9(8)12/h4-6,15H,7H2,1-3H3,(H,14,16). The van der Waals surface area contributed by atoms with Crippen molar-refractivity contribution in [1.29, 1.82) is 0 Å². The molecule has 0 bridgehead atoms.